The molecule has 0 bridgehead atoms. The summed E-state index contributed by atoms with van der Waals surface area (Å²) >= 11 is 0. The van der Waals surface area contributed by atoms with Crippen LogP contribution in [0.4, 0.5) is 5.69 Å². The van der Waals surface area contributed by atoms with Gasteiger partial charge in [0.1, 0.15) is 12.4 Å². The predicted molar refractivity (Wildman–Crippen MR) is 137 cm³/mol. The Morgan fingerprint density at radius 3 is 2.35 bits per heavy atom. The minimum atomic E-state index is -0.345. The molecule has 0 radical (unpaired) electrons. The van der Waals surface area contributed by atoms with E-state index in [9.17, 15) is 9.59 Å². The van der Waals surface area contributed by atoms with Gasteiger partial charge in [0.25, 0.3) is 0 Å². The molecule has 0 spiro atoms. The van der Waals surface area contributed by atoms with E-state index in [2.05, 4.69) is 48.2 Å². The SMILES string of the molecule is CCCCN(c1ccc(OCc2ccccc2)cc1)C1CCN(C(=O)CC(C)CC(N)=O)CC1. The standard InChI is InChI=1S/C28H39N3O3/c1-3-4-16-31(24-10-12-26(13-11-24)34-21-23-8-6-5-7-9-23)25-14-17-30(18-15-25)28(33)20-22(2)19-27(29)32/h5-13,22,25H,3-4,14-21H2,1-2H3,(H2,29,32). The van der Waals surface area contributed by atoms with Gasteiger partial charge in [-0.1, -0.05) is 50.6 Å². The number of amides is 2. The first kappa shape index (κ1) is 25.6. The fourth-order valence-electron chi connectivity index (χ4n) is 4.60. The Balaban J connectivity index is 1.56. The molecule has 2 aromatic rings. The summed E-state index contributed by atoms with van der Waals surface area (Å²) in [6.07, 6.45) is 4.83. The van der Waals surface area contributed by atoms with Gasteiger partial charge in [-0.25, -0.2) is 0 Å². The lowest BCUT2D eigenvalue weighted by atomic mass is 9.99. The molecular weight excluding hydrogens is 426 g/mol. The number of nitrogens with zero attached hydrogens (tertiary/aromatic N) is 2. The van der Waals surface area contributed by atoms with E-state index < -0.39 is 0 Å². The number of primary amides is 1. The molecule has 34 heavy (non-hydrogen) atoms. The van der Waals surface area contributed by atoms with Crippen LogP contribution in [-0.4, -0.2) is 42.4 Å². The topological polar surface area (TPSA) is 75.9 Å². The van der Waals surface area contributed by atoms with Crippen LogP contribution in [0, 0.1) is 5.92 Å². The van der Waals surface area contributed by atoms with Crippen molar-refractivity contribution in [2.24, 2.45) is 11.7 Å². The number of anilines is 1. The van der Waals surface area contributed by atoms with Gasteiger partial charge in [-0.2, -0.15) is 0 Å². The van der Waals surface area contributed by atoms with Crippen molar-refractivity contribution in [2.45, 2.75) is 65.0 Å². The van der Waals surface area contributed by atoms with Crippen LogP contribution >= 0.6 is 0 Å². The van der Waals surface area contributed by atoms with Crippen molar-refractivity contribution >= 4 is 17.5 Å². The molecule has 1 saturated heterocycles. The van der Waals surface area contributed by atoms with Crippen molar-refractivity contribution in [3.63, 3.8) is 0 Å². The van der Waals surface area contributed by atoms with E-state index in [4.69, 9.17) is 10.5 Å². The van der Waals surface area contributed by atoms with Crippen LogP contribution in [-0.2, 0) is 16.2 Å². The van der Waals surface area contributed by atoms with Gasteiger partial charge in [0.05, 0.1) is 0 Å². The third kappa shape index (κ3) is 7.79. The number of hydrogen-bond donors (Lipinski definition) is 1. The summed E-state index contributed by atoms with van der Waals surface area (Å²) < 4.78 is 5.96. The Morgan fingerprint density at radius 2 is 1.74 bits per heavy atom. The maximum atomic E-state index is 12.7. The lowest BCUT2D eigenvalue weighted by molar-refractivity contribution is -0.133. The summed E-state index contributed by atoms with van der Waals surface area (Å²) in [7, 11) is 0. The first-order chi connectivity index (χ1) is 16.5. The Hall–Kier alpha value is -3.02. The summed E-state index contributed by atoms with van der Waals surface area (Å²) in [6.45, 7) is 7.21. The molecule has 2 aromatic carbocycles. The second-order valence-electron chi connectivity index (χ2n) is 9.41. The average molecular weight is 466 g/mol. The maximum absolute atomic E-state index is 12.7. The molecule has 1 fully saturated rings. The highest BCUT2D eigenvalue weighted by atomic mass is 16.5. The normalized spacial score (nSPS) is 15.1. The van der Waals surface area contributed by atoms with E-state index in [1.807, 2.05) is 30.0 Å². The van der Waals surface area contributed by atoms with Crippen molar-refractivity contribution in [2.75, 3.05) is 24.5 Å². The van der Waals surface area contributed by atoms with Gasteiger partial charge < -0.3 is 20.3 Å². The molecule has 1 aliphatic rings. The first-order valence-corrected chi connectivity index (χ1v) is 12.6. The molecule has 3 rings (SSSR count). The number of piperidine rings is 1. The van der Waals surface area contributed by atoms with Gasteiger partial charge in [-0.15, -0.1) is 0 Å². The van der Waals surface area contributed by atoms with Gasteiger partial charge in [-0.3, -0.25) is 9.59 Å². The van der Waals surface area contributed by atoms with E-state index in [1.54, 1.807) is 0 Å². The van der Waals surface area contributed by atoms with Gasteiger partial charge in [0.15, 0.2) is 0 Å². The average Bonchev–Trinajstić information content (AvgIpc) is 2.84. The highest BCUT2D eigenvalue weighted by Crippen LogP contribution is 2.27. The Kier molecular flexibility index (Phi) is 9.80. The maximum Gasteiger partial charge on any atom is 0.222 e. The summed E-state index contributed by atoms with van der Waals surface area (Å²) in [5.41, 5.74) is 7.63. The van der Waals surface area contributed by atoms with E-state index in [1.165, 1.54) is 5.69 Å². The second kappa shape index (κ2) is 13.0. The minimum Gasteiger partial charge on any atom is -0.489 e. The second-order valence-corrected chi connectivity index (χ2v) is 9.41. The third-order valence-corrected chi connectivity index (χ3v) is 6.50. The zero-order chi connectivity index (χ0) is 24.3. The number of benzene rings is 2. The Bertz CT molecular complexity index is 893. The number of likely N-dealkylation sites (tertiary alicyclic amines) is 1. The fraction of sp³-hybridized carbons (Fsp3) is 0.500. The number of rotatable bonds is 12. The number of carbonyl (C=O) groups is 2. The minimum absolute atomic E-state index is 0.00796. The van der Waals surface area contributed by atoms with Crippen molar-refractivity contribution < 1.29 is 14.3 Å². The molecular formula is C28H39N3O3. The third-order valence-electron chi connectivity index (χ3n) is 6.50. The quantitative estimate of drug-likeness (QED) is 0.490. The molecule has 0 saturated carbocycles. The van der Waals surface area contributed by atoms with Crippen LogP contribution in [0.25, 0.3) is 0 Å². The van der Waals surface area contributed by atoms with Crippen molar-refractivity contribution in [3.05, 3.63) is 60.2 Å². The molecule has 6 nitrogen and oxygen atoms in total. The van der Waals surface area contributed by atoms with Crippen LogP contribution in [0.2, 0.25) is 0 Å². The van der Waals surface area contributed by atoms with E-state index >= 15 is 0 Å². The van der Waals surface area contributed by atoms with Crippen molar-refractivity contribution in [1.29, 1.82) is 0 Å². The molecule has 184 valence electrons. The number of carbonyl (C=O) groups excluding carboxylic acids is 2. The lowest BCUT2D eigenvalue weighted by Gasteiger charge is -2.40. The fourth-order valence-corrected chi connectivity index (χ4v) is 4.60. The molecule has 2 amide bonds. The van der Waals surface area contributed by atoms with Gasteiger partial charge in [-0.05, 0) is 55.0 Å². The summed E-state index contributed by atoms with van der Waals surface area (Å²) in [5.74, 6) is 0.647. The molecule has 2 N–H and O–H groups in total. The summed E-state index contributed by atoms with van der Waals surface area (Å²) in [6, 6.07) is 19.0. The highest BCUT2D eigenvalue weighted by molar-refractivity contribution is 5.78. The van der Waals surface area contributed by atoms with Gasteiger partial charge >= 0.3 is 0 Å². The Labute approximate surface area is 204 Å². The zero-order valence-corrected chi connectivity index (χ0v) is 20.6. The van der Waals surface area contributed by atoms with Crippen molar-refractivity contribution in [1.82, 2.24) is 4.90 Å². The van der Waals surface area contributed by atoms with Gasteiger partial charge in [0, 0.05) is 44.2 Å². The van der Waals surface area contributed by atoms with E-state index in [0.29, 0.717) is 19.1 Å². The zero-order valence-electron chi connectivity index (χ0n) is 20.6. The molecule has 0 aromatic heterocycles. The molecule has 6 heteroatoms. The van der Waals surface area contributed by atoms with Crippen LogP contribution in [0.5, 0.6) is 5.75 Å². The highest BCUT2D eigenvalue weighted by Gasteiger charge is 2.27. The van der Waals surface area contributed by atoms with E-state index in [0.717, 1.165) is 56.6 Å². The van der Waals surface area contributed by atoms with Crippen LogP contribution in [0.15, 0.2) is 54.6 Å². The molecule has 1 unspecified atom stereocenters. The van der Waals surface area contributed by atoms with Crippen LogP contribution in [0.1, 0.15) is 57.9 Å². The molecule has 0 aliphatic carbocycles. The van der Waals surface area contributed by atoms with Crippen molar-refractivity contribution in [3.8, 4) is 5.75 Å². The predicted octanol–water partition coefficient (Wildman–Crippen LogP) is 4.76. The summed E-state index contributed by atoms with van der Waals surface area (Å²) in [5, 5.41) is 0. The van der Waals surface area contributed by atoms with E-state index in [-0.39, 0.29) is 24.2 Å². The first-order valence-electron chi connectivity index (χ1n) is 12.6. The molecule has 1 atom stereocenters. The molecule has 1 heterocycles. The number of ether oxygens (including phenoxy) is 1. The lowest BCUT2D eigenvalue weighted by Crippen LogP contribution is -2.47. The Morgan fingerprint density at radius 1 is 1.06 bits per heavy atom. The summed E-state index contributed by atoms with van der Waals surface area (Å²) in [4.78, 5) is 28.2. The smallest absolute Gasteiger partial charge is 0.222 e. The number of hydrogen-bond acceptors (Lipinski definition) is 4. The number of nitrogens with two attached hydrogens (primary N) is 1. The van der Waals surface area contributed by atoms with Crippen LogP contribution in [0.3, 0.4) is 0 Å². The largest absolute Gasteiger partial charge is 0.489 e. The monoisotopic (exact) mass is 465 g/mol. The molecule has 1 aliphatic heterocycles. The van der Waals surface area contributed by atoms with Crippen LogP contribution < -0.4 is 15.4 Å². The van der Waals surface area contributed by atoms with Gasteiger partial charge in [0.2, 0.25) is 11.8 Å². The number of unbranched alkanes of at least 4 members (excludes halogenated alkanes) is 1.